The number of anilines is 2. The van der Waals surface area contributed by atoms with E-state index in [4.69, 9.17) is 15.6 Å². The molecule has 1 amide bonds. The third-order valence-corrected chi connectivity index (χ3v) is 2.22. The first-order chi connectivity index (χ1) is 8.63. The monoisotopic (exact) mass is 256 g/mol. The number of benzene rings is 1. The molecule has 0 aromatic heterocycles. The van der Waals surface area contributed by atoms with Crippen LogP contribution in [0.3, 0.4) is 0 Å². The summed E-state index contributed by atoms with van der Waals surface area (Å²) in [7, 11) is 0. The van der Waals surface area contributed by atoms with E-state index in [-0.39, 0.29) is 31.2 Å². The van der Waals surface area contributed by atoms with Crippen LogP contribution < -0.4 is 11.1 Å². The van der Waals surface area contributed by atoms with E-state index in [0.717, 1.165) is 6.07 Å². The summed E-state index contributed by atoms with van der Waals surface area (Å²) >= 11 is 0. The van der Waals surface area contributed by atoms with Crippen molar-refractivity contribution in [3.8, 4) is 0 Å². The molecule has 0 unspecified atom stereocenters. The second-order valence-corrected chi connectivity index (χ2v) is 3.72. The van der Waals surface area contributed by atoms with Crippen LogP contribution in [0.2, 0.25) is 0 Å². The lowest BCUT2D eigenvalue weighted by Crippen LogP contribution is -2.14. The molecule has 1 rings (SSSR count). The van der Waals surface area contributed by atoms with Gasteiger partial charge in [0.05, 0.1) is 24.6 Å². The highest BCUT2D eigenvalue weighted by Crippen LogP contribution is 2.19. The Labute approximate surface area is 105 Å². The largest absolute Gasteiger partial charge is 0.397 e. The molecule has 0 saturated carbocycles. The lowest BCUT2D eigenvalue weighted by Gasteiger charge is -2.08. The van der Waals surface area contributed by atoms with Crippen molar-refractivity contribution >= 4 is 17.3 Å². The van der Waals surface area contributed by atoms with E-state index in [1.807, 2.05) is 0 Å². The van der Waals surface area contributed by atoms with Gasteiger partial charge in [-0.15, -0.1) is 0 Å². The average Bonchev–Trinajstić information content (AvgIpc) is 2.32. The predicted octanol–water partition coefficient (Wildman–Crippen LogP) is 1.14. The summed E-state index contributed by atoms with van der Waals surface area (Å²) in [6.07, 6.45) is 0.829. The van der Waals surface area contributed by atoms with E-state index < -0.39 is 5.82 Å². The molecule has 5 nitrogen and oxygen atoms in total. The number of nitrogens with one attached hydrogen (secondary N) is 1. The Bertz CT molecular complexity index is 399. The molecule has 0 atom stereocenters. The van der Waals surface area contributed by atoms with Gasteiger partial charge in [0.2, 0.25) is 5.91 Å². The van der Waals surface area contributed by atoms with E-state index in [0.29, 0.717) is 18.7 Å². The standard InChI is InChI=1S/C12H17FN2O3/c13-9-3-4-11(10(14)8-9)15-12(17)2-1-6-18-7-5-16/h3-4,8,16H,1-2,5-7,14H2,(H,15,17). The SMILES string of the molecule is Nc1cc(F)ccc1NC(=O)CCCOCCO. The maximum absolute atomic E-state index is 12.8. The molecule has 1 aromatic carbocycles. The van der Waals surface area contributed by atoms with Crippen molar-refractivity contribution in [1.29, 1.82) is 0 Å². The van der Waals surface area contributed by atoms with Crippen molar-refractivity contribution in [3.05, 3.63) is 24.0 Å². The highest BCUT2D eigenvalue weighted by Gasteiger charge is 2.05. The summed E-state index contributed by atoms with van der Waals surface area (Å²) in [6, 6.07) is 3.81. The van der Waals surface area contributed by atoms with E-state index in [1.165, 1.54) is 12.1 Å². The molecule has 0 aliphatic heterocycles. The highest BCUT2D eigenvalue weighted by molar-refractivity contribution is 5.93. The van der Waals surface area contributed by atoms with Crippen LogP contribution >= 0.6 is 0 Å². The van der Waals surface area contributed by atoms with Crippen molar-refractivity contribution < 1.29 is 19.0 Å². The summed E-state index contributed by atoms with van der Waals surface area (Å²) in [6.45, 7) is 0.651. The Morgan fingerprint density at radius 2 is 2.22 bits per heavy atom. The van der Waals surface area contributed by atoms with Gasteiger partial charge in [-0.05, 0) is 24.6 Å². The number of rotatable bonds is 7. The van der Waals surface area contributed by atoms with Crippen molar-refractivity contribution in [2.24, 2.45) is 0 Å². The molecule has 18 heavy (non-hydrogen) atoms. The number of hydrogen-bond acceptors (Lipinski definition) is 4. The number of halogens is 1. The molecule has 0 heterocycles. The predicted molar refractivity (Wildman–Crippen MR) is 66.6 cm³/mol. The van der Waals surface area contributed by atoms with Gasteiger partial charge in [0.15, 0.2) is 0 Å². The number of carbonyl (C=O) groups excluding carboxylic acids is 1. The molecule has 1 aromatic rings. The number of nitrogen functional groups attached to an aromatic ring is 1. The minimum absolute atomic E-state index is 0.0295. The number of ether oxygens (including phenoxy) is 1. The molecule has 0 aliphatic rings. The van der Waals surface area contributed by atoms with Crippen LogP contribution in [-0.2, 0) is 9.53 Å². The van der Waals surface area contributed by atoms with Gasteiger partial charge in [0.25, 0.3) is 0 Å². The zero-order valence-electron chi connectivity index (χ0n) is 9.99. The van der Waals surface area contributed by atoms with Crippen molar-refractivity contribution in [3.63, 3.8) is 0 Å². The minimum atomic E-state index is -0.442. The third kappa shape index (κ3) is 5.11. The fourth-order valence-electron chi connectivity index (χ4n) is 1.36. The normalized spacial score (nSPS) is 10.3. The zero-order valence-corrected chi connectivity index (χ0v) is 9.99. The van der Waals surface area contributed by atoms with Crippen molar-refractivity contribution in [2.75, 3.05) is 30.9 Å². The van der Waals surface area contributed by atoms with E-state index in [1.54, 1.807) is 0 Å². The van der Waals surface area contributed by atoms with E-state index in [9.17, 15) is 9.18 Å². The number of aliphatic hydroxyl groups excluding tert-OH is 1. The Morgan fingerprint density at radius 1 is 1.44 bits per heavy atom. The third-order valence-electron chi connectivity index (χ3n) is 2.22. The topological polar surface area (TPSA) is 84.6 Å². The minimum Gasteiger partial charge on any atom is -0.397 e. The summed E-state index contributed by atoms with van der Waals surface area (Å²) < 4.78 is 17.8. The lowest BCUT2D eigenvalue weighted by molar-refractivity contribution is -0.116. The number of hydrogen-bond donors (Lipinski definition) is 3. The Morgan fingerprint density at radius 3 is 2.89 bits per heavy atom. The maximum atomic E-state index is 12.8. The van der Waals surface area contributed by atoms with Gasteiger partial charge in [-0.1, -0.05) is 0 Å². The quantitative estimate of drug-likeness (QED) is 0.504. The molecule has 6 heteroatoms. The van der Waals surface area contributed by atoms with Gasteiger partial charge < -0.3 is 20.9 Å². The first-order valence-corrected chi connectivity index (χ1v) is 5.67. The molecule has 0 aliphatic carbocycles. The van der Waals surface area contributed by atoms with E-state index in [2.05, 4.69) is 5.32 Å². The molecule has 100 valence electrons. The highest BCUT2D eigenvalue weighted by atomic mass is 19.1. The van der Waals surface area contributed by atoms with Gasteiger partial charge in [-0.3, -0.25) is 4.79 Å². The number of carbonyl (C=O) groups is 1. The Balaban J connectivity index is 2.31. The van der Waals surface area contributed by atoms with Crippen LogP contribution in [0.5, 0.6) is 0 Å². The van der Waals surface area contributed by atoms with Gasteiger partial charge in [-0.2, -0.15) is 0 Å². The lowest BCUT2D eigenvalue weighted by atomic mass is 10.2. The smallest absolute Gasteiger partial charge is 0.224 e. The molecule has 0 bridgehead atoms. The fourth-order valence-corrected chi connectivity index (χ4v) is 1.36. The Kier molecular flexibility index (Phi) is 6.10. The zero-order chi connectivity index (χ0) is 13.4. The van der Waals surface area contributed by atoms with Gasteiger partial charge >= 0.3 is 0 Å². The van der Waals surface area contributed by atoms with Crippen LogP contribution in [0.25, 0.3) is 0 Å². The number of aliphatic hydroxyl groups is 1. The first kappa shape index (κ1) is 14.4. The number of nitrogens with two attached hydrogens (primary N) is 1. The average molecular weight is 256 g/mol. The van der Waals surface area contributed by atoms with Gasteiger partial charge in [0.1, 0.15) is 5.82 Å². The second-order valence-electron chi connectivity index (χ2n) is 3.72. The van der Waals surface area contributed by atoms with Crippen molar-refractivity contribution in [1.82, 2.24) is 0 Å². The molecular weight excluding hydrogens is 239 g/mol. The number of amides is 1. The van der Waals surface area contributed by atoms with Gasteiger partial charge in [-0.25, -0.2) is 4.39 Å². The van der Waals surface area contributed by atoms with Crippen LogP contribution in [0, 0.1) is 5.82 Å². The van der Waals surface area contributed by atoms with Crippen LogP contribution in [0.15, 0.2) is 18.2 Å². The summed E-state index contributed by atoms with van der Waals surface area (Å²) in [5.41, 5.74) is 6.15. The molecule has 4 N–H and O–H groups in total. The van der Waals surface area contributed by atoms with Crippen LogP contribution in [-0.4, -0.2) is 30.8 Å². The summed E-state index contributed by atoms with van der Waals surface area (Å²) in [4.78, 5) is 11.5. The molecular formula is C12H17FN2O3. The fraction of sp³-hybridized carbons (Fsp3) is 0.417. The molecule has 0 saturated heterocycles. The molecule has 0 spiro atoms. The second kappa shape index (κ2) is 7.62. The molecule has 0 fully saturated rings. The van der Waals surface area contributed by atoms with Crippen molar-refractivity contribution in [2.45, 2.75) is 12.8 Å². The Hall–Kier alpha value is -1.66. The van der Waals surface area contributed by atoms with Crippen LogP contribution in [0.4, 0.5) is 15.8 Å². The van der Waals surface area contributed by atoms with E-state index >= 15 is 0 Å². The summed E-state index contributed by atoms with van der Waals surface area (Å²) in [5.74, 6) is -0.649. The van der Waals surface area contributed by atoms with Gasteiger partial charge in [0, 0.05) is 13.0 Å². The van der Waals surface area contributed by atoms with Crippen LogP contribution in [0.1, 0.15) is 12.8 Å². The first-order valence-electron chi connectivity index (χ1n) is 5.67. The summed E-state index contributed by atoms with van der Waals surface area (Å²) in [5, 5.41) is 11.1. The maximum Gasteiger partial charge on any atom is 0.224 e. The molecule has 0 radical (unpaired) electrons.